The van der Waals surface area contributed by atoms with E-state index in [9.17, 15) is 0 Å². The first-order valence-electron chi connectivity index (χ1n) is 5.71. The molecule has 1 aromatic heterocycles. The molecule has 80 valence electrons. The number of oxazole rings is 1. The van der Waals surface area contributed by atoms with E-state index in [2.05, 4.69) is 23.6 Å². The van der Waals surface area contributed by atoms with Crippen LogP contribution >= 0.6 is 0 Å². The summed E-state index contributed by atoms with van der Waals surface area (Å²) in [5, 5.41) is 0. The molecule has 1 aromatic carbocycles. The van der Waals surface area contributed by atoms with Crippen LogP contribution < -0.4 is 4.57 Å². The fraction of sp³-hybridized carbons (Fsp3) is 0.462. The third kappa shape index (κ3) is 2.04. The Balaban J connectivity index is 2.28. The molecule has 0 bridgehead atoms. The van der Waals surface area contributed by atoms with E-state index < -0.39 is 0 Å². The molecule has 0 radical (unpaired) electrons. The van der Waals surface area contributed by atoms with Gasteiger partial charge in [0.1, 0.15) is 0 Å². The molecule has 2 nitrogen and oxygen atoms in total. The molecule has 0 atom stereocenters. The predicted molar refractivity (Wildman–Crippen MR) is 60.7 cm³/mol. The fourth-order valence-electron chi connectivity index (χ4n) is 1.95. The quantitative estimate of drug-likeness (QED) is 0.552. The van der Waals surface area contributed by atoms with Crippen molar-refractivity contribution >= 4 is 11.1 Å². The van der Waals surface area contributed by atoms with Crippen LogP contribution in [-0.2, 0) is 6.54 Å². The molecule has 0 aliphatic heterocycles. The van der Waals surface area contributed by atoms with Crippen LogP contribution in [0.2, 0.25) is 0 Å². The number of aryl methyl sites for hydroxylation is 2. The lowest BCUT2D eigenvalue weighted by molar-refractivity contribution is -0.683. The van der Waals surface area contributed by atoms with Crippen LogP contribution in [0.1, 0.15) is 32.1 Å². The van der Waals surface area contributed by atoms with E-state index >= 15 is 0 Å². The Kier molecular flexibility index (Phi) is 3.05. The largest absolute Gasteiger partial charge is 0.402 e. The SMILES string of the molecule is CCCCC[n+]1c(C)oc2ccccc21. The first kappa shape index (κ1) is 10.2. The molecular formula is C13H18NO+. The number of aromatic nitrogens is 1. The number of unbranched alkanes of at least 4 members (excludes halogenated alkanes) is 2. The summed E-state index contributed by atoms with van der Waals surface area (Å²) in [5.74, 6) is 1.01. The molecule has 2 rings (SSSR count). The summed E-state index contributed by atoms with van der Waals surface area (Å²) in [7, 11) is 0. The minimum absolute atomic E-state index is 0.992. The monoisotopic (exact) mass is 204 g/mol. The van der Waals surface area contributed by atoms with Crippen molar-refractivity contribution in [2.45, 2.75) is 39.7 Å². The Labute approximate surface area is 90.5 Å². The Morgan fingerprint density at radius 2 is 2.00 bits per heavy atom. The second-order valence-corrected chi connectivity index (χ2v) is 3.95. The average molecular weight is 204 g/mol. The molecule has 0 saturated heterocycles. The number of hydrogen-bond acceptors (Lipinski definition) is 1. The molecule has 0 spiro atoms. The minimum Gasteiger partial charge on any atom is -0.402 e. The van der Waals surface area contributed by atoms with Gasteiger partial charge in [0.25, 0.3) is 5.52 Å². The van der Waals surface area contributed by atoms with Crippen LogP contribution in [0.25, 0.3) is 11.1 Å². The zero-order valence-corrected chi connectivity index (χ0v) is 9.49. The predicted octanol–water partition coefficient (Wildman–Crippen LogP) is 3.22. The van der Waals surface area contributed by atoms with Crippen LogP contribution in [0.3, 0.4) is 0 Å². The van der Waals surface area contributed by atoms with Gasteiger partial charge < -0.3 is 4.42 Å². The lowest BCUT2D eigenvalue weighted by Crippen LogP contribution is -2.35. The maximum absolute atomic E-state index is 5.69. The van der Waals surface area contributed by atoms with Crippen LogP contribution in [0.5, 0.6) is 0 Å². The van der Waals surface area contributed by atoms with Crippen LogP contribution in [0.4, 0.5) is 0 Å². The molecule has 15 heavy (non-hydrogen) atoms. The third-order valence-corrected chi connectivity index (χ3v) is 2.78. The topological polar surface area (TPSA) is 17.0 Å². The van der Waals surface area contributed by atoms with Crippen molar-refractivity contribution in [1.82, 2.24) is 0 Å². The van der Waals surface area contributed by atoms with Gasteiger partial charge in [-0.1, -0.05) is 25.5 Å². The van der Waals surface area contributed by atoms with Gasteiger partial charge >= 0.3 is 5.89 Å². The molecule has 0 saturated carbocycles. The summed E-state index contributed by atoms with van der Waals surface area (Å²) in [6.45, 7) is 5.33. The molecule has 0 aliphatic rings. The Hall–Kier alpha value is -1.31. The van der Waals surface area contributed by atoms with Crippen molar-refractivity contribution in [1.29, 1.82) is 0 Å². The maximum Gasteiger partial charge on any atom is 0.344 e. The number of benzene rings is 1. The molecule has 0 aliphatic carbocycles. The number of fused-ring (bicyclic) bond motifs is 1. The van der Waals surface area contributed by atoms with Gasteiger partial charge in [-0.05, 0) is 12.5 Å². The lowest BCUT2D eigenvalue weighted by Gasteiger charge is -1.94. The van der Waals surface area contributed by atoms with Gasteiger partial charge in [-0.15, -0.1) is 0 Å². The number of rotatable bonds is 4. The summed E-state index contributed by atoms with van der Waals surface area (Å²) < 4.78 is 7.96. The lowest BCUT2D eigenvalue weighted by atomic mass is 10.2. The van der Waals surface area contributed by atoms with Crippen molar-refractivity contribution in [2.24, 2.45) is 0 Å². The van der Waals surface area contributed by atoms with E-state index in [0.717, 1.165) is 18.0 Å². The average Bonchev–Trinajstić information content (AvgIpc) is 2.56. The van der Waals surface area contributed by atoms with Crippen LogP contribution in [0, 0.1) is 6.92 Å². The van der Waals surface area contributed by atoms with Gasteiger partial charge in [0.15, 0.2) is 6.54 Å². The summed E-state index contributed by atoms with van der Waals surface area (Å²) in [6, 6.07) is 8.23. The van der Waals surface area contributed by atoms with Gasteiger partial charge in [0.2, 0.25) is 5.58 Å². The molecule has 1 heterocycles. The van der Waals surface area contributed by atoms with Crippen molar-refractivity contribution in [2.75, 3.05) is 0 Å². The molecule has 0 unspecified atom stereocenters. The normalized spacial score (nSPS) is 11.1. The van der Waals surface area contributed by atoms with Crippen molar-refractivity contribution in [3.63, 3.8) is 0 Å². The number of nitrogens with zero attached hydrogens (tertiary/aromatic N) is 1. The van der Waals surface area contributed by atoms with Gasteiger partial charge in [0.05, 0.1) is 6.92 Å². The molecule has 0 N–H and O–H groups in total. The highest BCUT2D eigenvalue weighted by molar-refractivity contribution is 5.68. The van der Waals surface area contributed by atoms with E-state index in [-0.39, 0.29) is 0 Å². The Morgan fingerprint density at radius 1 is 1.20 bits per heavy atom. The van der Waals surface area contributed by atoms with E-state index in [1.165, 1.54) is 24.8 Å². The second-order valence-electron chi connectivity index (χ2n) is 3.95. The third-order valence-electron chi connectivity index (χ3n) is 2.78. The van der Waals surface area contributed by atoms with Crippen LogP contribution in [-0.4, -0.2) is 0 Å². The fourth-order valence-corrected chi connectivity index (χ4v) is 1.95. The number of para-hydroxylation sites is 2. The van der Waals surface area contributed by atoms with E-state index in [0.29, 0.717) is 0 Å². The Bertz CT molecular complexity index is 445. The molecular weight excluding hydrogens is 186 g/mol. The molecule has 0 amide bonds. The summed E-state index contributed by atoms with van der Waals surface area (Å²) in [5.41, 5.74) is 2.21. The first-order chi connectivity index (χ1) is 7.33. The highest BCUT2D eigenvalue weighted by atomic mass is 16.3. The zero-order valence-electron chi connectivity index (χ0n) is 9.49. The van der Waals surface area contributed by atoms with Gasteiger partial charge in [0, 0.05) is 12.5 Å². The first-order valence-corrected chi connectivity index (χ1v) is 5.71. The van der Waals surface area contributed by atoms with Crippen LogP contribution in [0.15, 0.2) is 28.7 Å². The summed E-state index contributed by atoms with van der Waals surface area (Å²) in [4.78, 5) is 0. The standard InChI is InChI=1S/C13H18NO/c1-3-4-7-10-14-11(2)15-13-9-6-5-8-12(13)14/h5-6,8-9H,3-4,7,10H2,1-2H3/q+1. The van der Waals surface area contributed by atoms with Gasteiger partial charge in [-0.2, -0.15) is 4.57 Å². The van der Waals surface area contributed by atoms with E-state index in [1.54, 1.807) is 0 Å². The second kappa shape index (κ2) is 4.47. The van der Waals surface area contributed by atoms with Gasteiger partial charge in [-0.25, -0.2) is 0 Å². The molecule has 0 fully saturated rings. The minimum atomic E-state index is 0.992. The van der Waals surface area contributed by atoms with Crippen molar-refractivity contribution in [3.05, 3.63) is 30.2 Å². The Morgan fingerprint density at radius 3 is 2.80 bits per heavy atom. The summed E-state index contributed by atoms with van der Waals surface area (Å²) >= 11 is 0. The van der Waals surface area contributed by atoms with E-state index in [1.807, 2.05) is 19.1 Å². The smallest absolute Gasteiger partial charge is 0.344 e. The van der Waals surface area contributed by atoms with E-state index in [4.69, 9.17) is 4.42 Å². The number of hydrogen-bond donors (Lipinski definition) is 0. The maximum atomic E-state index is 5.69. The van der Waals surface area contributed by atoms with Gasteiger partial charge in [-0.3, -0.25) is 0 Å². The zero-order chi connectivity index (χ0) is 10.7. The highest BCUT2D eigenvalue weighted by Crippen LogP contribution is 2.12. The summed E-state index contributed by atoms with van der Waals surface area (Å²) in [6.07, 6.45) is 3.77. The molecule has 2 heteroatoms. The molecule has 2 aromatic rings. The van der Waals surface area contributed by atoms with Crippen molar-refractivity contribution in [3.8, 4) is 0 Å². The highest BCUT2D eigenvalue weighted by Gasteiger charge is 2.16. The van der Waals surface area contributed by atoms with Crippen molar-refractivity contribution < 1.29 is 8.98 Å².